The number of aromatic nitrogens is 2. The van der Waals surface area contributed by atoms with E-state index in [2.05, 4.69) is 44.3 Å². The molecular weight excluding hydrogens is 403 g/mol. The van der Waals surface area contributed by atoms with Crippen LogP contribution in [0.5, 0.6) is 0 Å². The normalized spacial score (nSPS) is 16.4. The van der Waals surface area contributed by atoms with Crippen LogP contribution >= 0.6 is 34.4 Å². The summed E-state index contributed by atoms with van der Waals surface area (Å²) in [5.41, 5.74) is 2.01. The van der Waals surface area contributed by atoms with Crippen LogP contribution in [-0.2, 0) is 9.53 Å². The van der Waals surface area contributed by atoms with E-state index in [1.165, 1.54) is 11.8 Å². The number of carboxylic acid groups (broad SMARTS) is 1. The molecule has 1 aliphatic rings. The number of fused-ring (bicyclic) bond motifs is 1. The van der Waals surface area contributed by atoms with Gasteiger partial charge in [-0.25, -0.2) is 4.98 Å². The average molecular weight is 418 g/mol. The molecule has 7 heteroatoms. The molecule has 0 radical (unpaired) electrons. The van der Waals surface area contributed by atoms with Gasteiger partial charge in [0.2, 0.25) is 0 Å². The predicted molar refractivity (Wildman–Crippen MR) is 89.9 cm³/mol. The van der Waals surface area contributed by atoms with Crippen molar-refractivity contribution in [3.63, 3.8) is 0 Å². The van der Waals surface area contributed by atoms with Gasteiger partial charge in [0.05, 0.1) is 16.8 Å². The largest absolute Gasteiger partial charge is 0.481 e. The van der Waals surface area contributed by atoms with Gasteiger partial charge in [0.1, 0.15) is 0 Å². The Morgan fingerprint density at radius 2 is 2.24 bits per heavy atom. The van der Waals surface area contributed by atoms with E-state index in [-0.39, 0.29) is 5.75 Å². The molecule has 1 N–H and O–H groups in total. The fourth-order valence-electron chi connectivity index (χ4n) is 2.57. The van der Waals surface area contributed by atoms with Crippen LogP contribution in [-0.4, -0.2) is 39.6 Å². The number of imidazole rings is 1. The summed E-state index contributed by atoms with van der Waals surface area (Å²) < 4.78 is 8.76. The molecule has 2 aromatic rings. The van der Waals surface area contributed by atoms with Crippen LogP contribution in [0.25, 0.3) is 11.0 Å². The number of hydrogen-bond donors (Lipinski definition) is 1. The molecule has 21 heavy (non-hydrogen) atoms. The molecule has 0 bridgehead atoms. The zero-order chi connectivity index (χ0) is 14.8. The van der Waals surface area contributed by atoms with E-state index in [4.69, 9.17) is 9.84 Å². The lowest BCUT2D eigenvalue weighted by Gasteiger charge is -2.25. The number of thioether (sulfide) groups is 1. The molecule has 1 aromatic heterocycles. The first-order valence-corrected chi connectivity index (χ1v) is 8.81. The van der Waals surface area contributed by atoms with Gasteiger partial charge in [-0.3, -0.25) is 4.79 Å². The number of hydrogen-bond acceptors (Lipinski definition) is 4. The molecule has 3 rings (SSSR count). The minimum atomic E-state index is -0.819. The maximum absolute atomic E-state index is 10.9. The Bertz CT molecular complexity index is 668. The number of aliphatic carboxylic acids is 1. The highest BCUT2D eigenvalue weighted by atomic mass is 127. The molecule has 5 nitrogen and oxygen atoms in total. The number of rotatable bonds is 4. The summed E-state index contributed by atoms with van der Waals surface area (Å²) in [6.45, 7) is 1.50. The molecule has 0 amide bonds. The van der Waals surface area contributed by atoms with Crippen LogP contribution in [0.15, 0.2) is 23.4 Å². The lowest BCUT2D eigenvalue weighted by Crippen LogP contribution is -2.20. The third-order valence-electron chi connectivity index (χ3n) is 3.50. The second-order valence-electron chi connectivity index (χ2n) is 4.92. The van der Waals surface area contributed by atoms with E-state index >= 15 is 0 Å². The number of benzene rings is 1. The van der Waals surface area contributed by atoms with Gasteiger partial charge in [0.15, 0.2) is 5.16 Å². The van der Waals surface area contributed by atoms with Crippen LogP contribution in [0.2, 0.25) is 0 Å². The summed E-state index contributed by atoms with van der Waals surface area (Å²) in [5, 5.41) is 9.71. The molecular formula is C14H15IN2O3S. The molecule has 0 unspecified atom stereocenters. The maximum atomic E-state index is 10.9. The van der Waals surface area contributed by atoms with Crippen molar-refractivity contribution >= 4 is 51.4 Å². The Hall–Kier alpha value is -0.800. The van der Waals surface area contributed by atoms with E-state index in [0.717, 1.165) is 45.8 Å². The van der Waals surface area contributed by atoms with E-state index < -0.39 is 5.97 Å². The lowest BCUT2D eigenvalue weighted by atomic mass is 10.1. The molecule has 1 aliphatic heterocycles. The highest BCUT2D eigenvalue weighted by Crippen LogP contribution is 2.32. The Morgan fingerprint density at radius 1 is 1.48 bits per heavy atom. The van der Waals surface area contributed by atoms with E-state index in [9.17, 15) is 4.79 Å². The second kappa shape index (κ2) is 6.53. The molecule has 2 heterocycles. The number of carboxylic acids is 1. The second-order valence-corrected chi connectivity index (χ2v) is 7.11. The fraction of sp³-hybridized carbons (Fsp3) is 0.429. The zero-order valence-electron chi connectivity index (χ0n) is 11.3. The van der Waals surface area contributed by atoms with Crippen molar-refractivity contribution in [2.45, 2.75) is 24.0 Å². The zero-order valence-corrected chi connectivity index (χ0v) is 14.3. The van der Waals surface area contributed by atoms with Crippen molar-refractivity contribution in [3.05, 3.63) is 21.8 Å². The Kier molecular flexibility index (Phi) is 4.70. The van der Waals surface area contributed by atoms with Crippen LogP contribution in [0, 0.1) is 3.57 Å². The van der Waals surface area contributed by atoms with Gasteiger partial charge >= 0.3 is 5.97 Å². The lowest BCUT2D eigenvalue weighted by molar-refractivity contribution is -0.133. The SMILES string of the molecule is O=C(O)CSc1nc2cc(I)ccc2n1C1CCOCC1. The van der Waals surface area contributed by atoms with Crippen LogP contribution in [0.3, 0.4) is 0 Å². The summed E-state index contributed by atoms with van der Waals surface area (Å²) >= 11 is 3.55. The topological polar surface area (TPSA) is 64.3 Å². The fourth-order valence-corrected chi connectivity index (χ4v) is 3.85. The van der Waals surface area contributed by atoms with Crippen LogP contribution < -0.4 is 0 Å². The molecule has 1 fully saturated rings. The summed E-state index contributed by atoms with van der Waals surface area (Å²) in [6, 6.07) is 6.51. The third-order valence-corrected chi connectivity index (χ3v) is 5.11. The smallest absolute Gasteiger partial charge is 0.313 e. The minimum Gasteiger partial charge on any atom is -0.481 e. The summed E-state index contributed by atoms with van der Waals surface area (Å²) in [7, 11) is 0. The first kappa shape index (κ1) is 15.1. The van der Waals surface area contributed by atoms with Crippen LogP contribution in [0.1, 0.15) is 18.9 Å². The average Bonchev–Trinajstić information content (AvgIpc) is 2.83. The van der Waals surface area contributed by atoms with Crippen LogP contribution in [0.4, 0.5) is 0 Å². The van der Waals surface area contributed by atoms with Gasteiger partial charge in [-0.05, 0) is 53.6 Å². The maximum Gasteiger partial charge on any atom is 0.313 e. The van der Waals surface area contributed by atoms with Gasteiger partial charge < -0.3 is 14.4 Å². The van der Waals surface area contributed by atoms with Gasteiger partial charge in [-0.2, -0.15) is 0 Å². The Balaban J connectivity index is 2.03. The molecule has 0 atom stereocenters. The number of nitrogens with zero attached hydrogens (tertiary/aromatic N) is 2. The predicted octanol–water partition coefficient (Wildman–Crippen LogP) is 3.17. The third kappa shape index (κ3) is 3.35. The Morgan fingerprint density at radius 3 is 2.95 bits per heavy atom. The summed E-state index contributed by atoms with van der Waals surface area (Å²) in [4.78, 5) is 15.5. The van der Waals surface area contributed by atoms with Gasteiger partial charge in [-0.1, -0.05) is 11.8 Å². The minimum absolute atomic E-state index is 0.0314. The van der Waals surface area contributed by atoms with Gasteiger partial charge in [0.25, 0.3) is 0 Å². The Labute approximate surface area is 140 Å². The molecule has 0 saturated carbocycles. The van der Waals surface area contributed by atoms with Gasteiger partial charge in [-0.15, -0.1) is 0 Å². The van der Waals surface area contributed by atoms with Crippen molar-refractivity contribution in [3.8, 4) is 0 Å². The number of halogens is 1. The summed E-state index contributed by atoms with van der Waals surface area (Å²) in [5.74, 6) is -0.788. The number of carbonyl (C=O) groups is 1. The standard InChI is InChI=1S/C14H15IN2O3S/c15-9-1-2-12-11(7-9)16-14(21-8-13(18)19)17(12)10-3-5-20-6-4-10/h1-2,7,10H,3-6,8H2,(H,18,19). The van der Waals surface area contributed by atoms with Crippen molar-refractivity contribution in [1.29, 1.82) is 0 Å². The molecule has 112 valence electrons. The van der Waals surface area contributed by atoms with Crippen molar-refractivity contribution in [1.82, 2.24) is 9.55 Å². The molecule has 0 spiro atoms. The quantitative estimate of drug-likeness (QED) is 0.611. The monoisotopic (exact) mass is 418 g/mol. The highest BCUT2D eigenvalue weighted by molar-refractivity contribution is 14.1. The molecule has 1 saturated heterocycles. The van der Waals surface area contributed by atoms with Gasteiger partial charge in [0, 0.05) is 22.8 Å². The molecule has 1 aromatic carbocycles. The molecule has 0 aliphatic carbocycles. The van der Waals surface area contributed by atoms with E-state index in [0.29, 0.717) is 6.04 Å². The number of ether oxygens (including phenoxy) is 1. The highest BCUT2D eigenvalue weighted by Gasteiger charge is 2.22. The summed E-state index contributed by atoms with van der Waals surface area (Å²) in [6.07, 6.45) is 1.89. The van der Waals surface area contributed by atoms with E-state index in [1.807, 2.05) is 6.07 Å². The van der Waals surface area contributed by atoms with Crippen molar-refractivity contribution in [2.24, 2.45) is 0 Å². The van der Waals surface area contributed by atoms with E-state index in [1.54, 1.807) is 0 Å². The first-order valence-electron chi connectivity index (χ1n) is 6.75. The first-order chi connectivity index (χ1) is 10.1. The van der Waals surface area contributed by atoms with Crippen molar-refractivity contribution < 1.29 is 14.6 Å². The van der Waals surface area contributed by atoms with Crippen molar-refractivity contribution in [2.75, 3.05) is 19.0 Å².